The molecule has 1 N–H and O–H groups in total. The predicted molar refractivity (Wildman–Crippen MR) is 97.3 cm³/mol. The van der Waals surface area contributed by atoms with Crippen LogP contribution >= 0.6 is 11.8 Å². The van der Waals surface area contributed by atoms with Gasteiger partial charge in [0.2, 0.25) is 0 Å². The van der Waals surface area contributed by atoms with Crippen molar-refractivity contribution in [2.45, 2.75) is 29.4 Å². The number of aryl methyl sites for hydroxylation is 1. The molecule has 0 aromatic carbocycles. The number of aromatic nitrogens is 4. The second kappa shape index (κ2) is 7.17. The molecule has 0 unspecified atom stereocenters. The van der Waals surface area contributed by atoms with Crippen molar-refractivity contribution in [1.82, 2.24) is 30.0 Å². The molecule has 0 saturated carbocycles. The summed E-state index contributed by atoms with van der Waals surface area (Å²) in [4.78, 5) is 24.8. The molecule has 0 radical (unpaired) electrons. The molecule has 4 heterocycles. The van der Waals surface area contributed by atoms with Crippen molar-refractivity contribution in [2.24, 2.45) is 7.05 Å². The molecule has 0 saturated heterocycles. The Balaban J connectivity index is 1.30. The maximum absolute atomic E-state index is 12.4. The Morgan fingerprint density at radius 2 is 2.04 bits per heavy atom. The zero-order valence-corrected chi connectivity index (χ0v) is 15.1. The van der Waals surface area contributed by atoms with Gasteiger partial charge in [0.1, 0.15) is 0 Å². The number of rotatable bonds is 4. The minimum atomic E-state index is -0.0863. The quantitative estimate of drug-likeness (QED) is 0.768. The fourth-order valence-corrected chi connectivity index (χ4v) is 3.62. The van der Waals surface area contributed by atoms with Gasteiger partial charge >= 0.3 is 6.03 Å². The van der Waals surface area contributed by atoms with Gasteiger partial charge in [0.15, 0.2) is 0 Å². The lowest BCUT2D eigenvalue weighted by atomic mass is 10.2. The molecule has 2 amide bonds. The van der Waals surface area contributed by atoms with Crippen molar-refractivity contribution in [3.63, 3.8) is 0 Å². The van der Waals surface area contributed by atoms with Crippen molar-refractivity contribution in [2.75, 3.05) is 0 Å². The van der Waals surface area contributed by atoms with E-state index in [2.05, 4.69) is 20.4 Å². The van der Waals surface area contributed by atoms with Crippen LogP contribution in [0.5, 0.6) is 0 Å². The van der Waals surface area contributed by atoms with Gasteiger partial charge in [-0.1, -0.05) is 11.8 Å². The summed E-state index contributed by atoms with van der Waals surface area (Å²) in [5, 5.41) is 7.08. The van der Waals surface area contributed by atoms with Crippen molar-refractivity contribution >= 4 is 17.8 Å². The molecule has 3 aromatic heterocycles. The molecule has 0 bridgehead atoms. The average Bonchev–Trinajstić information content (AvgIpc) is 3.27. The molecule has 8 heteroatoms. The first-order valence-corrected chi connectivity index (χ1v) is 9.05. The number of amides is 2. The first-order valence-electron chi connectivity index (χ1n) is 8.23. The summed E-state index contributed by atoms with van der Waals surface area (Å²) in [6, 6.07) is 5.81. The van der Waals surface area contributed by atoms with E-state index in [9.17, 15) is 4.79 Å². The minimum Gasteiger partial charge on any atom is -0.332 e. The van der Waals surface area contributed by atoms with Gasteiger partial charge in [-0.2, -0.15) is 5.10 Å². The molecule has 26 heavy (non-hydrogen) atoms. The van der Waals surface area contributed by atoms with Crippen LogP contribution in [0.15, 0.2) is 59.0 Å². The van der Waals surface area contributed by atoms with Gasteiger partial charge in [0, 0.05) is 49.8 Å². The van der Waals surface area contributed by atoms with E-state index in [0.717, 1.165) is 26.6 Å². The molecule has 1 aliphatic rings. The SMILES string of the molecule is Cn1cc(Sc2ccc(CNC(=O)N3Cc4ccncc4C3)nc2)cn1. The first-order chi connectivity index (χ1) is 12.7. The van der Waals surface area contributed by atoms with Crippen LogP contribution in [0.25, 0.3) is 0 Å². The van der Waals surface area contributed by atoms with E-state index < -0.39 is 0 Å². The monoisotopic (exact) mass is 366 g/mol. The summed E-state index contributed by atoms with van der Waals surface area (Å²) in [5.41, 5.74) is 3.09. The molecule has 0 aliphatic carbocycles. The van der Waals surface area contributed by atoms with Gasteiger partial charge in [-0.3, -0.25) is 14.6 Å². The van der Waals surface area contributed by atoms with E-state index in [1.165, 1.54) is 0 Å². The highest BCUT2D eigenvalue weighted by Gasteiger charge is 2.22. The van der Waals surface area contributed by atoms with Crippen LogP contribution in [-0.2, 0) is 26.7 Å². The second-order valence-corrected chi connectivity index (χ2v) is 7.24. The Kier molecular flexibility index (Phi) is 4.57. The van der Waals surface area contributed by atoms with E-state index in [4.69, 9.17) is 0 Å². The summed E-state index contributed by atoms with van der Waals surface area (Å²) in [6.45, 7) is 1.63. The summed E-state index contributed by atoms with van der Waals surface area (Å²) in [6.07, 6.45) is 9.18. The largest absolute Gasteiger partial charge is 0.332 e. The van der Waals surface area contributed by atoms with Gasteiger partial charge in [0.05, 0.1) is 23.3 Å². The number of fused-ring (bicyclic) bond motifs is 1. The Bertz CT molecular complexity index is 898. The van der Waals surface area contributed by atoms with E-state index in [1.54, 1.807) is 27.5 Å². The molecule has 7 nitrogen and oxygen atoms in total. The first kappa shape index (κ1) is 16.6. The smallest absolute Gasteiger partial charge is 0.318 e. The highest BCUT2D eigenvalue weighted by Crippen LogP contribution is 2.26. The number of hydrogen-bond donors (Lipinski definition) is 1. The third kappa shape index (κ3) is 3.70. The van der Waals surface area contributed by atoms with Crippen molar-refractivity contribution in [3.8, 4) is 0 Å². The molecule has 4 rings (SSSR count). The van der Waals surface area contributed by atoms with E-state index in [1.807, 2.05) is 50.0 Å². The van der Waals surface area contributed by atoms with Gasteiger partial charge in [-0.05, 0) is 29.3 Å². The lowest BCUT2D eigenvalue weighted by Crippen LogP contribution is -2.36. The number of nitrogens with one attached hydrogen (secondary N) is 1. The number of urea groups is 1. The number of carbonyl (C=O) groups excluding carboxylic acids is 1. The molecular weight excluding hydrogens is 348 g/mol. The normalized spacial score (nSPS) is 12.9. The lowest BCUT2D eigenvalue weighted by Gasteiger charge is -2.16. The van der Waals surface area contributed by atoms with Crippen LogP contribution in [0, 0.1) is 0 Å². The van der Waals surface area contributed by atoms with E-state index in [-0.39, 0.29) is 6.03 Å². The molecule has 1 aliphatic heterocycles. The predicted octanol–water partition coefficient (Wildman–Crippen LogP) is 2.59. The molecule has 0 atom stereocenters. The fourth-order valence-electron chi connectivity index (χ4n) is 2.80. The highest BCUT2D eigenvalue weighted by atomic mass is 32.2. The van der Waals surface area contributed by atoms with Crippen LogP contribution in [-0.4, -0.2) is 30.7 Å². The highest BCUT2D eigenvalue weighted by molar-refractivity contribution is 7.99. The molecule has 0 fully saturated rings. The third-order valence-electron chi connectivity index (χ3n) is 4.15. The Morgan fingerprint density at radius 3 is 2.77 bits per heavy atom. The van der Waals surface area contributed by atoms with Gasteiger partial charge in [0.25, 0.3) is 0 Å². The van der Waals surface area contributed by atoms with Crippen LogP contribution in [0.3, 0.4) is 0 Å². The average molecular weight is 366 g/mol. The number of carbonyl (C=O) groups is 1. The van der Waals surface area contributed by atoms with E-state index >= 15 is 0 Å². The summed E-state index contributed by atoms with van der Waals surface area (Å²) < 4.78 is 1.77. The number of nitrogens with zero attached hydrogens (tertiary/aromatic N) is 5. The minimum absolute atomic E-state index is 0.0863. The van der Waals surface area contributed by atoms with Gasteiger partial charge in [-0.25, -0.2) is 4.79 Å². The molecule has 132 valence electrons. The van der Waals surface area contributed by atoms with Gasteiger partial charge < -0.3 is 10.2 Å². The third-order valence-corrected chi connectivity index (χ3v) is 5.07. The number of pyridine rings is 2. The van der Waals surface area contributed by atoms with Crippen LogP contribution < -0.4 is 5.32 Å². The van der Waals surface area contributed by atoms with Crippen LogP contribution in [0.4, 0.5) is 4.79 Å². The fraction of sp³-hybridized carbons (Fsp3) is 0.222. The molecular formula is C18H18N6OS. The lowest BCUT2D eigenvalue weighted by molar-refractivity contribution is 0.198. The standard InChI is InChI=1S/C18H18N6OS/c1-23-12-17(9-22-23)26-16-3-2-15(20-8-16)7-21-18(25)24-10-13-4-5-19-6-14(13)11-24/h2-6,8-9,12H,7,10-11H2,1H3,(H,21,25). The van der Waals surface area contributed by atoms with Crippen LogP contribution in [0.2, 0.25) is 0 Å². The Morgan fingerprint density at radius 1 is 1.15 bits per heavy atom. The number of hydrogen-bond acceptors (Lipinski definition) is 5. The Labute approximate surface area is 155 Å². The molecule has 0 spiro atoms. The zero-order valence-electron chi connectivity index (χ0n) is 14.3. The summed E-state index contributed by atoms with van der Waals surface area (Å²) in [7, 11) is 1.89. The summed E-state index contributed by atoms with van der Waals surface area (Å²) in [5.74, 6) is 0. The topological polar surface area (TPSA) is 75.9 Å². The maximum Gasteiger partial charge on any atom is 0.318 e. The van der Waals surface area contributed by atoms with Gasteiger partial charge in [-0.15, -0.1) is 0 Å². The summed E-state index contributed by atoms with van der Waals surface area (Å²) >= 11 is 1.61. The maximum atomic E-state index is 12.4. The van der Waals surface area contributed by atoms with Crippen molar-refractivity contribution < 1.29 is 4.79 Å². The Hall–Kier alpha value is -2.87. The van der Waals surface area contributed by atoms with Crippen LogP contribution in [0.1, 0.15) is 16.8 Å². The van der Waals surface area contributed by atoms with Crippen molar-refractivity contribution in [1.29, 1.82) is 0 Å². The van der Waals surface area contributed by atoms with E-state index in [0.29, 0.717) is 19.6 Å². The van der Waals surface area contributed by atoms with Crippen molar-refractivity contribution in [3.05, 3.63) is 66.0 Å². The molecule has 3 aromatic rings. The second-order valence-electron chi connectivity index (χ2n) is 6.10. The zero-order chi connectivity index (χ0) is 17.9.